The summed E-state index contributed by atoms with van der Waals surface area (Å²) in [7, 11) is -1.02. The Bertz CT molecular complexity index is 502. The van der Waals surface area contributed by atoms with Crippen LogP contribution in [0.15, 0.2) is 24.3 Å². The van der Waals surface area contributed by atoms with Crippen LogP contribution in [0, 0.1) is 0 Å². The third kappa shape index (κ3) is 8.49. The third-order valence-corrected chi connectivity index (χ3v) is 4.81. The van der Waals surface area contributed by atoms with E-state index in [0.29, 0.717) is 22.1 Å². The van der Waals surface area contributed by atoms with Gasteiger partial charge in [-0.3, -0.25) is 4.21 Å². The number of hydrogen-bond acceptors (Lipinski definition) is 4. The molecule has 0 saturated carbocycles. The Balaban J connectivity index is 2.64. The van der Waals surface area contributed by atoms with Crippen molar-refractivity contribution in [2.75, 3.05) is 18.1 Å². The van der Waals surface area contributed by atoms with Gasteiger partial charge in [0.1, 0.15) is 6.10 Å². The molecule has 0 unspecified atom stereocenters. The zero-order valence-corrected chi connectivity index (χ0v) is 15.5. The molecule has 0 heterocycles. The van der Waals surface area contributed by atoms with Crippen LogP contribution in [0.4, 0.5) is 0 Å². The zero-order chi connectivity index (χ0) is 17.2. The molecule has 0 radical (unpaired) electrons. The molecule has 0 aliphatic rings. The number of carbonyl (C=O) groups is 1. The van der Waals surface area contributed by atoms with Crippen molar-refractivity contribution in [2.24, 2.45) is 0 Å². The van der Waals surface area contributed by atoms with E-state index in [0.717, 1.165) is 12.8 Å². The first kappa shape index (κ1) is 20.1. The summed E-state index contributed by atoms with van der Waals surface area (Å²) in [5.41, 5.74) is 0.420. The summed E-state index contributed by atoms with van der Waals surface area (Å²) in [4.78, 5) is 12.2. The van der Waals surface area contributed by atoms with Gasteiger partial charge in [-0.05, 0) is 44.5 Å². The molecule has 130 valence electrons. The van der Waals surface area contributed by atoms with E-state index >= 15 is 0 Å². The lowest BCUT2D eigenvalue weighted by Crippen LogP contribution is -2.31. The summed E-state index contributed by atoms with van der Waals surface area (Å²) >= 11 is 5.81. The van der Waals surface area contributed by atoms with E-state index in [1.807, 2.05) is 13.8 Å². The SMILES string of the molecule is CCCC[S@@](=O)C[C@H](COC(C)C)OC(=O)c1ccc(Cl)cc1. The molecule has 1 aromatic rings. The van der Waals surface area contributed by atoms with Gasteiger partial charge in [0.2, 0.25) is 0 Å². The van der Waals surface area contributed by atoms with Gasteiger partial charge in [-0.2, -0.15) is 0 Å². The van der Waals surface area contributed by atoms with Crippen LogP contribution in [0.3, 0.4) is 0 Å². The fourth-order valence-electron chi connectivity index (χ4n) is 1.82. The van der Waals surface area contributed by atoms with E-state index in [9.17, 15) is 9.00 Å². The number of ether oxygens (including phenoxy) is 2. The molecule has 4 nitrogen and oxygen atoms in total. The van der Waals surface area contributed by atoms with Gasteiger partial charge in [0.05, 0.1) is 24.0 Å². The van der Waals surface area contributed by atoms with Gasteiger partial charge in [0, 0.05) is 21.6 Å². The number of benzene rings is 1. The largest absolute Gasteiger partial charge is 0.455 e. The normalized spacial score (nSPS) is 13.8. The monoisotopic (exact) mass is 360 g/mol. The van der Waals surface area contributed by atoms with Crippen molar-refractivity contribution < 1.29 is 18.5 Å². The molecular weight excluding hydrogens is 336 g/mol. The second kappa shape index (κ2) is 10.8. The Morgan fingerprint density at radius 1 is 1.26 bits per heavy atom. The van der Waals surface area contributed by atoms with E-state index in [4.69, 9.17) is 21.1 Å². The van der Waals surface area contributed by atoms with Crippen LogP contribution in [0.5, 0.6) is 0 Å². The van der Waals surface area contributed by atoms with Crippen molar-refractivity contribution in [3.05, 3.63) is 34.9 Å². The summed E-state index contributed by atoms with van der Waals surface area (Å²) < 4.78 is 23.1. The molecule has 6 heteroatoms. The molecule has 0 aliphatic carbocycles. The molecular formula is C17H25ClO4S. The highest BCUT2D eigenvalue weighted by atomic mass is 35.5. The molecule has 0 fully saturated rings. The van der Waals surface area contributed by atoms with Crippen LogP contribution in [-0.4, -0.2) is 40.5 Å². The van der Waals surface area contributed by atoms with Gasteiger partial charge >= 0.3 is 5.97 Å². The number of carbonyl (C=O) groups excluding carboxylic acids is 1. The van der Waals surface area contributed by atoms with Gasteiger partial charge in [-0.15, -0.1) is 0 Å². The Labute approximate surface area is 146 Å². The van der Waals surface area contributed by atoms with Crippen molar-refractivity contribution in [2.45, 2.75) is 45.8 Å². The molecule has 0 saturated heterocycles. The summed E-state index contributed by atoms with van der Waals surface area (Å²) in [5.74, 6) is 0.464. The standard InChI is InChI=1S/C17H25ClO4S/c1-4-5-10-23(20)12-16(11-21-13(2)3)22-17(19)14-6-8-15(18)9-7-14/h6-9,13,16H,4-5,10-12H2,1-3H3/t16-,23+/m0/s1. The molecule has 0 aliphatic heterocycles. The first-order chi connectivity index (χ1) is 10.9. The van der Waals surface area contributed by atoms with E-state index in [2.05, 4.69) is 6.92 Å². The average molecular weight is 361 g/mol. The van der Waals surface area contributed by atoms with Crippen LogP contribution in [0.2, 0.25) is 5.02 Å². The maximum absolute atomic E-state index is 12.2. The first-order valence-electron chi connectivity index (χ1n) is 7.85. The van der Waals surface area contributed by atoms with E-state index in [1.54, 1.807) is 24.3 Å². The van der Waals surface area contributed by atoms with E-state index < -0.39 is 22.9 Å². The Morgan fingerprint density at radius 2 is 1.91 bits per heavy atom. The quantitative estimate of drug-likeness (QED) is 0.595. The summed E-state index contributed by atoms with van der Waals surface area (Å²) in [6, 6.07) is 6.49. The van der Waals surface area contributed by atoms with Crippen LogP contribution in [-0.2, 0) is 20.3 Å². The van der Waals surface area contributed by atoms with Gasteiger partial charge in [0.25, 0.3) is 0 Å². The van der Waals surface area contributed by atoms with Crippen molar-refractivity contribution in [1.29, 1.82) is 0 Å². The summed E-state index contributed by atoms with van der Waals surface area (Å²) in [6.45, 7) is 6.12. The highest BCUT2D eigenvalue weighted by Gasteiger charge is 2.19. The van der Waals surface area contributed by atoms with Crippen molar-refractivity contribution >= 4 is 28.4 Å². The molecule has 0 aromatic heterocycles. The molecule has 23 heavy (non-hydrogen) atoms. The minimum atomic E-state index is -1.02. The number of hydrogen-bond donors (Lipinski definition) is 0. The summed E-state index contributed by atoms with van der Waals surface area (Å²) in [6.07, 6.45) is 1.40. The summed E-state index contributed by atoms with van der Waals surface area (Å²) in [5, 5.41) is 0.557. The molecule has 1 aromatic carbocycles. The maximum atomic E-state index is 12.2. The lowest BCUT2D eigenvalue weighted by atomic mass is 10.2. The van der Waals surface area contributed by atoms with Gasteiger partial charge in [0.15, 0.2) is 0 Å². The molecule has 2 atom stereocenters. The number of halogens is 1. The number of esters is 1. The van der Waals surface area contributed by atoms with Crippen LogP contribution < -0.4 is 0 Å². The van der Waals surface area contributed by atoms with Gasteiger partial charge in [-0.1, -0.05) is 24.9 Å². The van der Waals surface area contributed by atoms with E-state index in [1.165, 1.54) is 0 Å². The highest BCUT2D eigenvalue weighted by Crippen LogP contribution is 2.12. The molecule has 0 bridgehead atoms. The lowest BCUT2D eigenvalue weighted by Gasteiger charge is -2.19. The maximum Gasteiger partial charge on any atom is 0.338 e. The highest BCUT2D eigenvalue weighted by molar-refractivity contribution is 7.85. The van der Waals surface area contributed by atoms with Crippen LogP contribution in [0.1, 0.15) is 44.0 Å². The molecule has 0 amide bonds. The zero-order valence-electron chi connectivity index (χ0n) is 13.9. The van der Waals surface area contributed by atoms with E-state index in [-0.39, 0.29) is 12.7 Å². The first-order valence-corrected chi connectivity index (χ1v) is 9.72. The Hall–Kier alpha value is -0.910. The van der Waals surface area contributed by atoms with Gasteiger partial charge < -0.3 is 9.47 Å². The predicted molar refractivity (Wildman–Crippen MR) is 94.5 cm³/mol. The second-order valence-corrected chi connectivity index (χ2v) is 7.64. The Morgan fingerprint density at radius 3 is 2.48 bits per heavy atom. The van der Waals surface area contributed by atoms with Crippen LogP contribution in [0.25, 0.3) is 0 Å². The van der Waals surface area contributed by atoms with Crippen molar-refractivity contribution in [3.63, 3.8) is 0 Å². The smallest absolute Gasteiger partial charge is 0.338 e. The van der Waals surface area contributed by atoms with Crippen molar-refractivity contribution in [1.82, 2.24) is 0 Å². The second-order valence-electron chi connectivity index (χ2n) is 5.58. The minimum absolute atomic E-state index is 0.0239. The molecule has 1 rings (SSSR count). The molecule has 0 N–H and O–H groups in total. The minimum Gasteiger partial charge on any atom is -0.455 e. The average Bonchev–Trinajstić information content (AvgIpc) is 2.51. The lowest BCUT2D eigenvalue weighted by molar-refractivity contribution is -0.0121. The van der Waals surface area contributed by atoms with Crippen molar-refractivity contribution in [3.8, 4) is 0 Å². The topological polar surface area (TPSA) is 52.6 Å². The fraction of sp³-hybridized carbons (Fsp3) is 0.588. The fourth-order valence-corrected chi connectivity index (χ4v) is 3.30. The predicted octanol–water partition coefficient (Wildman–Crippen LogP) is 3.84. The van der Waals surface area contributed by atoms with Crippen LogP contribution >= 0.6 is 11.6 Å². The van der Waals surface area contributed by atoms with Gasteiger partial charge in [-0.25, -0.2) is 4.79 Å². The Kier molecular flexibility index (Phi) is 9.44. The number of rotatable bonds is 10. The third-order valence-electron chi connectivity index (χ3n) is 3.07. The molecule has 0 spiro atoms. The number of unbranched alkanes of at least 4 members (excludes halogenated alkanes) is 1.